The first-order valence-corrected chi connectivity index (χ1v) is 6.48. The molecule has 0 spiro atoms. The highest BCUT2D eigenvalue weighted by Crippen LogP contribution is 2.15. The Morgan fingerprint density at radius 1 is 1.12 bits per heavy atom. The minimum absolute atomic E-state index is 0.205. The van der Waals surface area contributed by atoms with E-state index in [9.17, 15) is 0 Å². The number of rotatable bonds is 6. The Bertz CT molecular complexity index is 316. The molecule has 96 valence electrons. The van der Waals surface area contributed by atoms with Crippen LogP contribution in [0.15, 0.2) is 24.3 Å². The molecular formula is C14H22ClNO. The van der Waals surface area contributed by atoms with Gasteiger partial charge in [-0.05, 0) is 64.4 Å². The summed E-state index contributed by atoms with van der Waals surface area (Å²) >= 11 is 5.79. The molecule has 0 heterocycles. The second kappa shape index (κ2) is 6.87. The maximum atomic E-state index is 5.79. The zero-order valence-electron chi connectivity index (χ0n) is 10.9. The van der Waals surface area contributed by atoms with Gasteiger partial charge in [0.2, 0.25) is 0 Å². The van der Waals surface area contributed by atoms with Crippen molar-refractivity contribution >= 4 is 11.6 Å². The molecule has 0 radical (unpaired) electrons. The first-order chi connectivity index (χ1) is 7.97. The van der Waals surface area contributed by atoms with Crippen LogP contribution in [-0.2, 0) is 0 Å². The smallest absolute Gasteiger partial charge is 0.119 e. The van der Waals surface area contributed by atoms with Crippen LogP contribution in [-0.4, -0.2) is 18.7 Å². The molecular weight excluding hydrogens is 234 g/mol. The number of ether oxygens (including phenoxy) is 1. The summed E-state index contributed by atoms with van der Waals surface area (Å²) in [6, 6.07) is 7.49. The average molecular weight is 256 g/mol. The topological polar surface area (TPSA) is 21.3 Å². The second-order valence-electron chi connectivity index (χ2n) is 5.19. The number of benzene rings is 1. The minimum Gasteiger partial charge on any atom is -0.494 e. The van der Waals surface area contributed by atoms with Crippen molar-refractivity contribution in [3.05, 3.63) is 29.3 Å². The van der Waals surface area contributed by atoms with Crippen molar-refractivity contribution in [1.82, 2.24) is 5.32 Å². The maximum Gasteiger partial charge on any atom is 0.119 e. The van der Waals surface area contributed by atoms with Crippen molar-refractivity contribution in [2.45, 2.75) is 39.2 Å². The van der Waals surface area contributed by atoms with Crippen LogP contribution in [0.2, 0.25) is 5.02 Å². The van der Waals surface area contributed by atoms with E-state index in [1.54, 1.807) is 0 Å². The molecule has 0 saturated heterocycles. The number of nitrogens with one attached hydrogen (secondary N) is 1. The molecule has 0 unspecified atom stereocenters. The quantitative estimate of drug-likeness (QED) is 0.779. The standard InChI is InChI=1S/C14H22ClNO/c1-14(2,3)16-10-4-5-11-17-13-8-6-12(15)7-9-13/h6-9,16H,4-5,10-11H2,1-3H3. The molecule has 17 heavy (non-hydrogen) atoms. The summed E-state index contributed by atoms with van der Waals surface area (Å²) in [4.78, 5) is 0. The molecule has 1 aromatic carbocycles. The monoisotopic (exact) mass is 255 g/mol. The normalized spacial score (nSPS) is 11.5. The molecule has 1 N–H and O–H groups in total. The van der Waals surface area contributed by atoms with Crippen LogP contribution in [0.3, 0.4) is 0 Å². The molecule has 1 rings (SSSR count). The molecule has 0 aliphatic carbocycles. The molecule has 0 amide bonds. The number of hydrogen-bond donors (Lipinski definition) is 1. The van der Waals surface area contributed by atoms with E-state index in [0.717, 1.165) is 36.8 Å². The van der Waals surface area contributed by atoms with E-state index in [1.807, 2.05) is 24.3 Å². The maximum absolute atomic E-state index is 5.79. The molecule has 0 aliphatic rings. The van der Waals surface area contributed by atoms with Crippen molar-refractivity contribution in [2.75, 3.05) is 13.2 Å². The summed E-state index contributed by atoms with van der Waals surface area (Å²) in [6.07, 6.45) is 2.19. The molecule has 0 aliphatic heterocycles. The fourth-order valence-corrected chi connectivity index (χ4v) is 1.54. The zero-order valence-corrected chi connectivity index (χ0v) is 11.7. The van der Waals surface area contributed by atoms with Crippen molar-refractivity contribution in [2.24, 2.45) is 0 Å². The van der Waals surface area contributed by atoms with Crippen LogP contribution < -0.4 is 10.1 Å². The Kier molecular flexibility index (Phi) is 5.79. The Balaban J connectivity index is 2.07. The lowest BCUT2D eigenvalue weighted by atomic mass is 10.1. The van der Waals surface area contributed by atoms with E-state index in [0.29, 0.717) is 0 Å². The van der Waals surface area contributed by atoms with E-state index in [4.69, 9.17) is 16.3 Å². The molecule has 0 saturated carbocycles. The van der Waals surface area contributed by atoms with Gasteiger partial charge in [-0.25, -0.2) is 0 Å². The Hall–Kier alpha value is -0.730. The Labute approximate surface area is 109 Å². The van der Waals surface area contributed by atoms with Gasteiger partial charge in [0.15, 0.2) is 0 Å². The van der Waals surface area contributed by atoms with Gasteiger partial charge in [0, 0.05) is 10.6 Å². The van der Waals surface area contributed by atoms with E-state index in [2.05, 4.69) is 26.1 Å². The van der Waals surface area contributed by atoms with Crippen LogP contribution in [0.1, 0.15) is 33.6 Å². The highest BCUT2D eigenvalue weighted by atomic mass is 35.5. The van der Waals surface area contributed by atoms with Gasteiger partial charge in [0.05, 0.1) is 6.61 Å². The highest BCUT2D eigenvalue weighted by molar-refractivity contribution is 6.30. The fraction of sp³-hybridized carbons (Fsp3) is 0.571. The SMILES string of the molecule is CC(C)(C)NCCCCOc1ccc(Cl)cc1. The molecule has 2 nitrogen and oxygen atoms in total. The van der Waals surface area contributed by atoms with E-state index in [-0.39, 0.29) is 5.54 Å². The van der Waals surface area contributed by atoms with Gasteiger partial charge >= 0.3 is 0 Å². The highest BCUT2D eigenvalue weighted by Gasteiger charge is 2.06. The lowest BCUT2D eigenvalue weighted by molar-refractivity contribution is 0.301. The van der Waals surface area contributed by atoms with Gasteiger partial charge < -0.3 is 10.1 Å². The van der Waals surface area contributed by atoms with Gasteiger partial charge in [-0.3, -0.25) is 0 Å². The lowest BCUT2D eigenvalue weighted by Gasteiger charge is -2.20. The summed E-state index contributed by atoms with van der Waals surface area (Å²) in [5.74, 6) is 0.887. The van der Waals surface area contributed by atoms with Gasteiger partial charge in [-0.15, -0.1) is 0 Å². The second-order valence-corrected chi connectivity index (χ2v) is 5.62. The molecule has 0 aromatic heterocycles. The Morgan fingerprint density at radius 3 is 2.35 bits per heavy atom. The molecule has 3 heteroatoms. The Morgan fingerprint density at radius 2 is 1.76 bits per heavy atom. The van der Waals surface area contributed by atoms with Crippen LogP contribution in [0, 0.1) is 0 Å². The van der Waals surface area contributed by atoms with Gasteiger partial charge in [0.25, 0.3) is 0 Å². The predicted molar refractivity (Wildman–Crippen MR) is 73.9 cm³/mol. The van der Waals surface area contributed by atoms with Gasteiger partial charge in [-0.2, -0.15) is 0 Å². The van der Waals surface area contributed by atoms with Gasteiger partial charge in [0.1, 0.15) is 5.75 Å². The lowest BCUT2D eigenvalue weighted by Crippen LogP contribution is -2.36. The van der Waals surface area contributed by atoms with E-state index >= 15 is 0 Å². The largest absolute Gasteiger partial charge is 0.494 e. The first kappa shape index (κ1) is 14.3. The molecule has 1 aromatic rings. The summed E-state index contributed by atoms with van der Waals surface area (Å²) < 4.78 is 5.61. The zero-order chi connectivity index (χ0) is 12.7. The van der Waals surface area contributed by atoms with Crippen LogP contribution in [0.25, 0.3) is 0 Å². The average Bonchev–Trinajstić information content (AvgIpc) is 2.24. The van der Waals surface area contributed by atoms with E-state index < -0.39 is 0 Å². The number of hydrogen-bond acceptors (Lipinski definition) is 2. The molecule has 0 atom stereocenters. The van der Waals surface area contributed by atoms with Crippen LogP contribution >= 0.6 is 11.6 Å². The first-order valence-electron chi connectivity index (χ1n) is 6.11. The fourth-order valence-electron chi connectivity index (χ4n) is 1.41. The third-order valence-corrected chi connectivity index (χ3v) is 2.56. The summed E-state index contributed by atoms with van der Waals surface area (Å²) in [5, 5.41) is 4.20. The van der Waals surface area contributed by atoms with Crippen molar-refractivity contribution in [3.63, 3.8) is 0 Å². The third-order valence-electron chi connectivity index (χ3n) is 2.31. The minimum atomic E-state index is 0.205. The number of halogens is 1. The summed E-state index contributed by atoms with van der Waals surface area (Å²) in [6.45, 7) is 8.33. The summed E-state index contributed by atoms with van der Waals surface area (Å²) in [5.41, 5.74) is 0.205. The summed E-state index contributed by atoms with van der Waals surface area (Å²) in [7, 11) is 0. The molecule has 0 fully saturated rings. The predicted octanol–water partition coefficient (Wildman–Crippen LogP) is 3.89. The molecule has 0 bridgehead atoms. The van der Waals surface area contributed by atoms with Crippen molar-refractivity contribution in [1.29, 1.82) is 0 Å². The number of unbranched alkanes of at least 4 members (excludes halogenated alkanes) is 1. The van der Waals surface area contributed by atoms with Crippen molar-refractivity contribution < 1.29 is 4.74 Å². The third kappa shape index (κ3) is 7.24. The van der Waals surface area contributed by atoms with Crippen molar-refractivity contribution in [3.8, 4) is 5.75 Å². The van der Waals surface area contributed by atoms with Crippen LogP contribution in [0.5, 0.6) is 5.75 Å². The van der Waals surface area contributed by atoms with Gasteiger partial charge in [-0.1, -0.05) is 11.6 Å². The van der Waals surface area contributed by atoms with Crippen LogP contribution in [0.4, 0.5) is 0 Å². The van der Waals surface area contributed by atoms with E-state index in [1.165, 1.54) is 0 Å².